The summed E-state index contributed by atoms with van der Waals surface area (Å²) < 4.78 is 0. The van der Waals surface area contributed by atoms with Gasteiger partial charge in [0.2, 0.25) is 0 Å². The van der Waals surface area contributed by atoms with Crippen LogP contribution < -0.4 is 5.32 Å². The summed E-state index contributed by atoms with van der Waals surface area (Å²) in [5.74, 6) is 0.592. The summed E-state index contributed by atoms with van der Waals surface area (Å²) >= 11 is 5.69. The van der Waals surface area contributed by atoms with Gasteiger partial charge in [-0.25, -0.2) is 9.97 Å². The lowest BCUT2D eigenvalue weighted by atomic mass is 10.6. The van der Waals surface area contributed by atoms with Crippen molar-refractivity contribution < 1.29 is 0 Å². The molecule has 0 fully saturated rings. The van der Waals surface area contributed by atoms with Crippen LogP contribution in [0.3, 0.4) is 0 Å². The lowest BCUT2D eigenvalue weighted by Crippen LogP contribution is -2.01. The fraction of sp³-hybridized carbons (Fsp3) is 0.143. The molecular formula is C7H8ClN3. The molecule has 0 aromatic carbocycles. The molecule has 0 aliphatic carbocycles. The molecule has 0 aliphatic heterocycles. The molecule has 58 valence electrons. The third-order valence-corrected chi connectivity index (χ3v) is 1.34. The number of nitrogens with zero attached hydrogens (tertiary/aromatic N) is 2. The second-order valence-electron chi connectivity index (χ2n) is 1.87. The van der Waals surface area contributed by atoms with Gasteiger partial charge in [-0.3, -0.25) is 0 Å². The Hall–Kier alpha value is -1.09. The second-order valence-corrected chi connectivity index (χ2v) is 2.22. The van der Waals surface area contributed by atoms with Gasteiger partial charge in [-0.15, -0.1) is 6.58 Å². The van der Waals surface area contributed by atoms with Gasteiger partial charge in [0.25, 0.3) is 0 Å². The minimum Gasteiger partial charge on any atom is -0.364 e. The average molecular weight is 170 g/mol. The lowest BCUT2D eigenvalue weighted by molar-refractivity contribution is 1.16. The first kappa shape index (κ1) is 8.01. The zero-order valence-corrected chi connectivity index (χ0v) is 6.67. The highest BCUT2D eigenvalue weighted by Gasteiger charge is 1.97. The van der Waals surface area contributed by atoms with Gasteiger partial charge in [0.15, 0.2) is 11.0 Å². The molecule has 0 bridgehead atoms. The summed E-state index contributed by atoms with van der Waals surface area (Å²) in [5.41, 5.74) is 0. The van der Waals surface area contributed by atoms with Crippen molar-refractivity contribution in [3.63, 3.8) is 0 Å². The van der Waals surface area contributed by atoms with E-state index in [1.807, 2.05) is 0 Å². The predicted octanol–water partition coefficient (Wildman–Crippen LogP) is 1.73. The number of nitrogens with one attached hydrogen (secondary N) is 1. The number of aromatic nitrogens is 2. The number of hydrogen-bond donors (Lipinski definition) is 1. The Labute approximate surface area is 70.1 Å². The number of anilines is 1. The zero-order valence-electron chi connectivity index (χ0n) is 5.92. The SMILES string of the molecule is C=CCNc1nccnc1Cl. The van der Waals surface area contributed by atoms with E-state index in [0.717, 1.165) is 0 Å². The maximum absolute atomic E-state index is 5.69. The molecule has 0 atom stereocenters. The largest absolute Gasteiger partial charge is 0.364 e. The van der Waals surface area contributed by atoms with Gasteiger partial charge in [0.05, 0.1) is 0 Å². The summed E-state index contributed by atoms with van der Waals surface area (Å²) in [5, 5.41) is 3.32. The Morgan fingerprint density at radius 3 is 2.91 bits per heavy atom. The fourth-order valence-corrected chi connectivity index (χ4v) is 0.780. The van der Waals surface area contributed by atoms with Crippen molar-refractivity contribution in [2.75, 3.05) is 11.9 Å². The molecule has 1 aromatic heterocycles. The first-order valence-corrected chi connectivity index (χ1v) is 3.53. The molecule has 3 nitrogen and oxygen atoms in total. The van der Waals surface area contributed by atoms with Crippen molar-refractivity contribution in [3.05, 3.63) is 30.2 Å². The van der Waals surface area contributed by atoms with Crippen molar-refractivity contribution in [1.82, 2.24) is 9.97 Å². The standard InChI is InChI=1S/C7H8ClN3/c1-2-3-10-7-6(8)9-4-5-11-7/h2,4-5H,1,3H2,(H,10,11). The summed E-state index contributed by atoms with van der Waals surface area (Å²) in [6, 6.07) is 0. The van der Waals surface area contributed by atoms with Crippen molar-refractivity contribution in [1.29, 1.82) is 0 Å². The molecule has 11 heavy (non-hydrogen) atoms. The van der Waals surface area contributed by atoms with Crippen LogP contribution in [0.5, 0.6) is 0 Å². The smallest absolute Gasteiger partial charge is 0.171 e. The van der Waals surface area contributed by atoms with Crippen LogP contribution in [-0.2, 0) is 0 Å². The maximum Gasteiger partial charge on any atom is 0.171 e. The van der Waals surface area contributed by atoms with E-state index in [1.165, 1.54) is 0 Å². The highest BCUT2D eigenvalue weighted by molar-refractivity contribution is 6.31. The van der Waals surface area contributed by atoms with Crippen LogP contribution in [0.2, 0.25) is 5.15 Å². The average Bonchev–Trinajstić information content (AvgIpc) is 2.03. The monoisotopic (exact) mass is 169 g/mol. The first-order chi connectivity index (χ1) is 5.34. The van der Waals surface area contributed by atoms with Gasteiger partial charge in [0.1, 0.15) is 0 Å². The summed E-state index contributed by atoms with van der Waals surface area (Å²) in [6.45, 7) is 4.19. The van der Waals surface area contributed by atoms with Crippen molar-refractivity contribution in [3.8, 4) is 0 Å². The van der Waals surface area contributed by atoms with Gasteiger partial charge in [-0.1, -0.05) is 17.7 Å². The quantitative estimate of drug-likeness (QED) is 0.701. The van der Waals surface area contributed by atoms with Crippen molar-refractivity contribution in [2.45, 2.75) is 0 Å². The Kier molecular flexibility index (Phi) is 2.86. The topological polar surface area (TPSA) is 37.8 Å². The van der Waals surface area contributed by atoms with E-state index in [4.69, 9.17) is 11.6 Å². The zero-order chi connectivity index (χ0) is 8.10. The highest BCUT2D eigenvalue weighted by Crippen LogP contribution is 2.12. The fourth-order valence-electron chi connectivity index (χ4n) is 0.608. The maximum atomic E-state index is 5.69. The number of hydrogen-bond acceptors (Lipinski definition) is 3. The Bertz CT molecular complexity index is 249. The van der Waals surface area contributed by atoms with Crippen molar-refractivity contribution in [2.24, 2.45) is 0 Å². The lowest BCUT2D eigenvalue weighted by Gasteiger charge is -2.01. The van der Waals surface area contributed by atoms with Crippen LogP contribution in [0.15, 0.2) is 25.0 Å². The Morgan fingerprint density at radius 2 is 2.27 bits per heavy atom. The van der Waals surface area contributed by atoms with E-state index in [0.29, 0.717) is 17.5 Å². The van der Waals surface area contributed by atoms with E-state index in [1.54, 1.807) is 18.5 Å². The van der Waals surface area contributed by atoms with Crippen LogP contribution in [0.25, 0.3) is 0 Å². The normalized spacial score (nSPS) is 9.18. The van der Waals surface area contributed by atoms with E-state index in [2.05, 4.69) is 21.9 Å². The summed E-state index contributed by atoms with van der Waals surface area (Å²) in [7, 11) is 0. The predicted molar refractivity (Wildman–Crippen MR) is 45.7 cm³/mol. The molecule has 0 saturated heterocycles. The van der Waals surface area contributed by atoms with Gasteiger partial charge < -0.3 is 5.32 Å². The Morgan fingerprint density at radius 1 is 1.55 bits per heavy atom. The molecule has 0 amide bonds. The molecular weight excluding hydrogens is 162 g/mol. The van der Waals surface area contributed by atoms with E-state index >= 15 is 0 Å². The molecule has 1 N–H and O–H groups in total. The number of halogens is 1. The second kappa shape index (κ2) is 3.93. The molecule has 0 unspecified atom stereocenters. The Balaban J connectivity index is 2.69. The summed E-state index contributed by atoms with van der Waals surface area (Å²) in [4.78, 5) is 7.80. The van der Waals surface area contributed by atoms with Gasteiger partial charge in [-0.2, -0.15) is 0 Å². The third kappa shape index (κ3) is 2.20. The van der Waals surface area contributed by atoms with Crippen LogP contribution in [0.4, 0.5) is 5.82 Å². The van der Waals surface area contributed by atoms with Gasteiger partial charge in [-0.05, 0) is 0 Å². The van der Waals surface area contributed by atoms with Crippen LogP contribution >= 0.6 is 11.6 Å². The number of rotatable bonds is 3. The van der Waals surface area contributed by atoms with Gasteiger partial charge >= 0.3 is 0 Å². The van der Waals surface area contributed by atoms with E-state index in [9.17, 15) is 0 Å². The molecule has 1 rings (SSSR count). The molecule has 0 aliphatic rings. The first-order valence-electron chi connectivity index (χ1n) is 3.16. The summed E-state index contributed by atoms with van der Waals surface area (Å²) in [6.07, 6.45) is 4.85. The molecule has 4 heteroatoms. The molecule has 0 spiro atoms. The third-order valence-electron chi connectivity index (χ3n) is 1.07. The minimum atomic E-state index is 0.384. The minimum absolute atomic E-state index is 0.384. The molecule has 1 aromatic rings. The van der Waals surface area contributed by atoms with Gasteiger partial charge in [0, 0.05) is 18.9 Å². The highest BCUT2D eigenvalue weighted by atomic mass is 35.5. The van der Waals surface area contributed by atoms with Crippen LogP contribution in [-0.4, -0.2) is 16.5 Å². The molecule has 1 heterocycles. The molecule has 0 radical (unpaired) electrons. The van der Waals surface area contributed by atoms with Crippen LogP contribution in [0, 0.1) is 0 Å². The van der Waals surface area contributed by atoms with Crippen LogP contribution in [0.1, 0.15) is 0 Å². The van der Waals surface area contributed by atoms with E-state index in [-0.39, 0.29) is 0 Å². The van der Waals surface area contributed by atoms with E-state index < -0.39 is 0 Å². The van der Waals surface area contributed by atoms with Crippen molar-refractivity contribution >= 4 is 17.4 Å². The molecule has 0 saturated carbocycles.